The lowest BCUT2D eigenvalue weighted by Gasteiger charge is -2.44. The Morgan fingerprint density at radius 3 is 2.57 bits per heavy atom. The second-order valence-electron chi connectivity index (χ2n) is 6.04. The zero-order chi connectivity index (χ0) is 15.5. The molecule has 1 amide bonds. The van der Waals surface area contributed by atoms with Gasteiger partial charge in [0.2, 0.25) is 5.91 Å². The zero-order valence-electron chi connectivity index (χ0n) is 13.1. The van der Waals surface area contributed by atoms with Gasteiger partial charge in [-0.3, -0.25) is 9.69 Å². The molecule has 0 aromatic heterocycles. The van der Waals surface area contributed by atoms with E-state index in [0.29, 0.717) is 6.61 Å². The summed E-state index contributed by atoms with van der Waals surface area (Å²) in [7, 11) is 1.87. The SMILES string of the molecule is CN1CCN(CCCOc2ccc(N)cc2)C(C)(C)C1=O. The summed E-state index contributed by atoms with van der Waals surface area (Å²) in [4.78, 5) is 16.2. The monoisotopic (exact) mass is 291 g/mol. The van der Waals surface area contributed by atoms with E-state index in [2.05, 4.69) is 4.90 Å². The summed E-state index contributed by atoms with van der Waals surface area (Å²) in [5.41, 5.74) is 5.95. The van der Waals surface area contributed by atoms with Crippen LogP contribution in [0.2, 0.25) is 0 Å². The van der Waals surface area contributed by atoms with Gasteiger partial charge in [0.15, 0.2) is 0 Å². The quantitative estimate of drug-likeness (QED) is 0.661. The Hall–Kier alpha value is -1.75. The molecule has 2 rings (SSSR count). The lowest BCUT2D eigenvalue weighted by atomic mass is 9.97. The van der Waals surface area contributed by atoms with Crippen LogP contribution in [-0.4, -0.2) is 54.5 Å². The fraction of sp³-hybridized carbons (Fsp3) is 0.562. The Morgan fingerprint density at radius 1 is 1.24 bits per heavy atom. The lowest BCUT2D eigenvalue weighted by molar-refractivity contribution is -0.147. The van der Waals surface area contributed by atoms with Crippen molar-refractivity contribution in [1.82, 2.24) is 9.80 Å². The van der Waals surface area contributed by atoms with E-state index >= 15 is 0 Å². The predicted molar refractivity (Wildman–Crippen MR) is 84.3 cm³/mol. The number of nitrogens with zero attached hydrogens (tertiary/aromatic N) is 2. The molecule has 2 N–H and O–H groups in total. The third-order valence-corrected chi connectivity index (χ3v) is 4.09. The van der Waals surface area contributed by atoms with Crippen LogP contribution in [0.5, 0.6) is 5.75 Å². The average Bonchev–Trinajstić information content (AvgIpc) is 2.45. The maximum atomic E-state index is 12.2. The van der Waals surface area contributed by atoms with Gasteiger partial charge in [-0.2, -0.15) is 0 Å². The van der Waals surface area contributed by atoms with Gasteiger partial charge in [0.05, 0.1) is 12.1 Å². The van der Waals surface area contributed by atoms with Crippen LogP contribution >= 0.6 is 0 Å². The van der Waals surface area contributed by atoms with Crippen molar-refractivity contribution in [1.29, 1.82) is 0 Å². The molecule has 1 aliphatic rings. The molecule has 1 saturated heterocycles. The second kappa shape index (κ2) is 6.35. The molecule has 0 radical (unpaired) electrons. The number of benzene rings is 1. The number of amides is 1. The number of likely N-dealkylation sites (N-methyl/N-ethyl adjacent to an activating group) is 1. The van der Waals surface area contributed by atoms with E-state index in [-0.39, 0.29) is 5.91 Å². The lowest BCUT2D eigenvalue weighted by Crippen LogP contribution is -2.62. The molecule has 116 valence electrons. The number of anilines is 1. The van der Waals surface area contributed by atoms with Crippen LogP contribution in [0.15, 0.2) is 24.3 Å². The highest BCUT2D eigenvalue weighted by molar-refractivity contribution is 5.86. The van der Waals surface area contributed by atoms with Gasteiger partial charge in [0.25, 0.3) is 0 Å². The molecule has 1 aromatic rings. The fourth-order valence-electron chi connectivity index (χ4n) is 2.65. The first-order valence-corrected chi connectivity index (χ1v) is 7.40. The molecule has 5 heteroatoms. The number of hydrogen-bond acceptors (Lipinski definition) is 4. The normalized spacial score (nSPS) is 18.8. The third-order valence-electron chi connectivity index (χ3n) is 4.09. The van der Waals surface area contributed by atoms with Gasteiger partial charge in [-0.15, -0.1) is 0 Å². The summed E-state index contributed by atoms with van der Waals surface area (Å²) in [6, 6.07) is 7.41. The highest BCUT2D eigenvalue weighted by atomic mass is 16.5. The van der Waals surface area contributed by atoms with Gasteiger partial charge in [-0.25, -0.2) is 0 Å². The number of ether oxygens (including phenoxy) is 1. The van der Waals surface area contributed by atoms with Gasteiger partial charge in [-0.05, 0) is 44.5 Å². The number of piperazine rings is 1. The first-order chi connectivity index (χ1) is 9.91. The summed E-state index contributed by atoms with van der Waals surface area (Å²) in [5, 5.41) is 0. The first-order valence-electron chi connectivity index (χ1n) is 7.40. The van der Waals surface area contributed by atoms with Crippen LogP contribution in [0.25, 0.3) is 0 Å². The van der Waals surface area contributed by atoms with Crippen molar-refractivity contribution >= 4 is 11.6 Å². The molecule has 5 nitrogen and oxygen atoms in total. The van der Waals surface area contributed by atoms with Crippen molar-refractivity contribution in [2.24, 2.45) is 0 Å². The molecule has 0 atom stereocenters. The first kappa shape index (κ1) is 15.6. The number of nitrogen functional groups attached to an aromatic ring is 1. The molecule has 1 aliphatic heterocycles. The summed E-state index contributed by atoms with van der Waals surface area (Å²) in [6.45, 7) is 7.19. The molecular weight excluding hydrogens is 266 g/mol. The summed E-state index contributed by atoms with van der Waals surface area (Å²) >= 11 is 0. The van der Waals surface area contributed by atoms with Crippen LogP contribution in [-0.2, 0) is 4.79 Å². The largest absolute Gasteiger partial charge is 0.494 e. The van der Waals surface area contributed by atoms with Gasteiger partial charge >= 0.3 is 0 Å². The average molecular weight is 291 g/mol. The molecular formula is C16H25N3O2. The standard InChI is InChI=1S/C16H25N3O2/c1-16(2)15(20)18(3)10-11-19(16)9-4-12-21-14-7-5-13(17)6-8-14/h5-8H,4,9-12,17H2,1-3H3. The molecule has 0 spiro atoms. The number of hydrogen-bond donors (Lipinski definition) is 1. The van der Waals surface area contributed by atoms with Crippen LogP contribution in [0, 0.1) is 0 Å². The van der Waals surface area contributed by atoms with Crippen molar-refractivity contribution in [3.05, 3.63) is 24.3 Å². The number of rotatable bonds is 5. The second-order valence-corrected chi connectivity index (χ2v) is 6.04. The maximum Gasteiger partial charge on any atom is 0.242 e. The summed E-state index contributed by atoms with van der Waals surface area (Å²) in [6.07, 6.45) is 0.894. The third kappa shape index (κ3) is 3.67. The molecule has 0 saturated carbocycles. The van der Waals surface area contributed by atoms with Gasteiger partial charge < -0.3 is 15.4 Å². The Kier molecular flexibility index (Phi) is 4.73. The van der Waals surface area contributed by atoms with E-state index in [1.54, 1.807) is 4.90 Å². The predicted octanol–water partition coefficient (Wildman–Crippen LogP) is 1.59. The van der Waals surface area contributed by atoms with Crippen molar-refractivity contribution < 1.29 is 9.53 Å². The molecule has 21 heavy (non-hydrogen) atoms. The van der Waals surface area contributed by atoms with Crippen LogP contribution < -0.4 is 10.5 Å². The van der Waals surface area contributed by atoms with Crippen molar-refractivity contribution in [3.63, 3.8) is 0 Å². The molecule has 0 unspecified atom stereocenters. The molecule has 0 aliphatic carbocycles. The van der Waals surface area contributed by atoms with Crippen molar-refractivity contribution in [3.8, 4) is 5.75 Å². The van der Waals surface area contributed by atoms with Crippen LogP contribution in [0.1, 0.15) is 20.3 Å². The minimum absolute atomic E-state index is 0.188. The van der Waals surface area contributed by atoms with Crippen LogP contribution in [0.3, 0.4) is 0 Å². The van der Waals surface area contributed by atoms with Gasteiger partial charge in [0.1, 0.15) is 5.75 Å². The summed E-state index contributed by atoms with van der Waals surface area (Å²) in [5.74, 6) is 1.02. The van der Waals surface area contributed by atoms with E-state index in [4.69, 9.17) is 10.5 Å². The fourth-order valence-corrected chi connectivity index (χ4v) is 2.65. The van der Waals surface area contributed by atoms with E-state index < -0.39 is 5.54 Å². The van der Waals surface area contributed by atoms with Gasteiger partial charge in [-0.1, -0.05) is 0 Å². The molecule has 1 heterocycles. The molecule has 1 fully saturated rings. The summed E-state index contributed by atoms with van der Waals surface area (Å²) < 4.78 is 5.69. The maximum absolute atomic E-state index is 12.2. The minimum atomic E-state index is -0.422. The highest BCUT2D eigenvalue weighted by Crippen LogP contribution is 2.21. The highest BCUT2D eigenvalue weighted by Gasteiger charge is 2.39. The topological polar surface area (TPSA) is 58.8 Å². The van der Waals surface area contributed by atoms with E-state index in [9.17, 15) is 4.79 Å². The Bertz CT molecular complexity index is 485. The Labute approximate surface area is 126 Å². The van der Waals surface area contributed by atoms with E-state index in [0.717, 1.165) is 37.5 Å². The Morgan fingerprint density at radius 2 is 1.90 bits per heavy atom. The molecule has 0 bridgehead atoms. The number of nitrogens with two attached hydrogens (primary N) is 1. The van der Waals surface area contributed by atoms with Crippen LogP contribution in [0.4, 0.5) is 5.69 Å². The zero-order valence-corrected chi connectivity index (χ0v) is 13.1. The van der Waals surface area contributed by atoms with Crippen molar-refractivity contribution in [2.45, 2.75) is 25.8 Å². The van der Waals surface area contributed by atoms with E-state index in [1.165, 1.54) is 0 Å². The van der Waals surface area contributed by atoms with Gasteiger partial charge in [0, 0.05) is 32.4 Å². The minimum Gasteiger partial charge on any atom is -0.494 e. The number of carbonyl (C=O) groups is 1. The Balaban J connectivity index is 1.78. The number of carbonyl (C=O) groups excluding carboxylic acids is 1. The van der Waals surface area contributed by atoms with Crippen molar-refractivity contribution in [2.75, 3.05) is 39.0 Å². The van der Waals surface area contributed by atoms with E-state index in [1.807, 2.05) is 45.2 Å². The smallest absolute Gasteiger partial charge is 0.242 e. The molecule has 1 aromatic carbocycles.